The molecule has 5 heteroatoms. The van der Waals surface area contributed by atoms with E-state index in [2.05, 4.69) is 0 Å². The van der Waals surface area contributed by atoms with Crippen LogP contribution in [0.1, 0.15) is 0 Å². The second-order valence-electron chi connectivity index (χ2n) is 0.648. The van der Waals surface area contributed by atoms with Crippen molar-refractivity contribution < 1.29 is 46.7 Å². The van der Waals surface area contributed by atoms with Crippen LogP contribution in [-0.4, -0.2) is 17.4 Å². The molecule has 0 aromatic carbocycles. The van der Waals surface area contributed by atoms with Gasteiger partial charge in [0.1, 0.15) is 0 Å². The topological polar surface area (TPSA) is 0 Å². The summed E-state index contributed by atoms with van der Waals surface area (Å²) in [6.45, 7) is 0.198. The number of rotatable bonds is 1. The molecule has 0 nitrogen and oxygen atoms in total. The van der Waals surface area contributed by atoms with Gasteiger partial charge < -0.3 is 0 Å². The fraction of sp³-hybridized carbons (Fsp3) is 0. The minimum absolute atomic E-state index is 0.198. The molecule has 0 aliphatic carbocycles. The summed E-state index contributed by atoms with van der Waals surface area (Å²) in [5.41, 5.74) is 0. The van der Waals surface area contributed by atoms with Crippen molar-refractivity contribution in [3.8, 4) is 0 Å². The molecule has 0 aliphatic heterocycles. The molecule has 0 N–H and O–H groups in total. The first-order valence-corrected chi connectivity index (χ1v) is 31.0. The fourth-order valence-corrected chi connectivity index (χ4v) is 0. The summed E-state index contributed by atoms with van der Waals surface area (Å²) < 4.78 is 0. The summed E-state index contributed by atoms with van der Waals surface area (Å²) in [4.78, 5) is 0. The van der Waals surface area contributed by atoms with Crippen LogP contribution in [0.2, 0.25) is 0 Å². The van der Waals surface area contributed by atoms with Gasteiger partial charge in [-0.3, -0.25) is 0 Å². The quantitative estimate of drug-likeness (QED) is 0.548. The first kappa shape index (κ1) is 7.99. The van der Waals surface area contributed by atoms with Crippen LogP contribution in [0, 0.1) is 0 Å². The third-order valence-electron chi connectivity index (χ3n) is 0.200. The Labute approximate surface area is 62.7 Å². The molecule has 0 radical (unpaired) electrons. The molecule has 0 aromatic rings. The van der Waals surface area contributed by atoms with Gasteiger partial charge in [0, 0.05) is 0 Å². The molecular formula is As2Zn3. The van der Waals surface area contributed by atoms with Gasteiger partial charge >= 0.3 is 64.1 Å². The van der Waals surface area contributed by atoms with Crippen molar-refractivity contribution in [3.63, 3.8) is 0 Å². The van der Waals surface area contributed by atoms with Crippen molar-refractivity contribution in [1.82, 2.24) is 0 Å². The third-order valence-corrected chi connectivity index (χ3v) is 146. The zero-order valence-electron chi connectivity index (χ0n) is 3.02. The van der Waals surface area contributed by atoms with Gasteiger partial charge in [-0.15, -0.1) is 0 Å². The van der Waals surface area contributed by atoms with Crippen molar-refractivity contribution in [2.75, 3.05) is 0 Å². The average Bonchev–Trinajstić information content (AvgIpc) is 1.38. The fourth-order valence-electron chi connectivity index (χ4n) is 0. The van der Waals surface area contributed by atoms with E-state index in [1.54, 1.807) is 46.7 Å². The van der Waals surface area contributed by atoms with Gasteiger partial charge in [0.15, 0.2) is 0 Å². The van der Waals surface area contributed by atoms with Crippen LogP contribution in [0.4, 0.5) is 0 Å². The summed E-state index contributed by atoms with van der Waals surface area (Å²) in [5, 5.41) is 0. The molecule has 0 bridgehead atoms. The molecule has 0 aromatic heterocycles. The monoisotopic (exact) mass is 342 g/mol. The molecule has 0 spiro atoms. The normalized spacial score (nSPS) is 9.20. The second-order valence-corrected chi connectivity index (χ2v) is 90.9. The van der Waals surface area contributed by atoms with Gasteiger partial charge in [-0.25, -0.2) is 0 Å². The molecule has 0 heterocycles. The van der Waals surface area contributed by atoms with Gasteiger partial charge in [0.25, 0.3) is 0 Å². The first-order chi connectivity index (χ1) is 2.27. The Balaban J connectivity index is 3.69. The van der Waals surface area contributed by atoms with Crippen LogP contribution >= 0.6 is 0 Å². The van der Waals surface area contributed by atoms with Gasteiger partial charge in [-0.05, 0) is 0 Å². The zero-order chi connectivity index (χ0) is 4.28. The van der Waals surface area contributed by atoms with Crippen LogP contribution in [-0.2, 0) is 46.7 Å². The number of hydrogen-bond acceptors (Lipinski definition) is 0. The van der Waals surface area contributed by atoms with Crippen molar-refractivity contribution in [3.05, 3.63) is 0 Å². The Kier molecular flexibility index (Phi) is 8.19. The minimum atomic E-state index is 0.198. The Morgan fingerprint density at radius 3 is 1.60 bits per heavy atom. The van der Waals surface area contributed by atoms with E-state index in [4.69, 9.17) is 0 Å². The Hall–Kier alpha value is 2.99. The molecule has 0 aliphatic rings. The second kappa shape index (κ2) is 5.13. The summed E-state index contributed by atoms with van der Waals surface area (Å²) in [7, 11) is 1.04. The first-order valence-electron chi connectivity index (χ1n) is 1.15. The van der Waals surface area contributed by atoms with Gasteiger partial charge in [0.2, 0.25) is 0 Å². The van der Waals surface area contributed by atoms with Crippen LogP contribution < -0.4 is 0 Å². The summed E-state index contributed by atoms with van der Waals surface area (Å²) in [6, 6.07) is 0. The summed E-state index contributed by atoms with van der Waals surface area (Å²) in [6.07, 6.45) is 0. The van der Waals surface area contributed by atoms with Crippen LogP contribution in [0.5, 0.6) is 0 Å². The molecule has 0 unspecified atom stereocenters. The summed E-state index contributed by atoms with van der Waals surface area (Å²) >= 11 is 5.14. The van der Waals surface area contributed by atoms with E-state index in [1.807, 2.05) is 0 Å². The van der Waals surface area contributed by atoms with E-state index in [1.165, 1.54) is 0 Å². The van der Waals surface area contributed by atoms with Crippen LogP contribution in [0.25, 0.3) is 0 Å². The maximum absolute atomic E-state index is 1.73. The van der Waals surface area contributed by atoms with Crippen LogP contribution in [0.15, 0.2) is 0 Å². The third kappa shape index (κ3) is 6.99. The van der Waals surface area contributed by atoms with Crippen molar-refractivity contribution >= 4 is 17.4 Å². The molecule has 0 amide bonds. The zero-order valence-corrected chi connectivity index (χ0v) is 15.7. The van der Waals surface area contributed by atoms with E-state index in [-0.39, 0.29) is 6.70 Å². The molecule has 5 heavy (non-hydrogen) atoms. The SMILES string of the molecule is [Zn]=[As][As](=[Zn])=[Zn]. The average molecular weight is 346 g/mol. The standard InChI is InChI=1S/As2.3Zn/c1-2;;;. The molecular weight excluding hydrogens is 346 g/mol. The van der Waals surface area contributed by atoms with E-state index < -0.39 is 0 Å². The van der Waals surface area contributed by atoms with E-state index >= 15 is 0 Å². The van der Waals surface area contributed by atoms with Gasteiger partial charge in [-0.2, -0.15) is 0 Å². The maximum atomic E-state index is 1.73. The van der Waals surface area contributed by atoms with E-state index in [0.29, 0.717) is 0 Å². The predicted molar refractivity (Wildman–Crippen MR) is 11.5 cm³/mol. The van der Waals surface area contributed by atoms with Crippen molar-refractivity contribution in [2.45, 2.75) is 0 Å². The Morgan fingerprint density at radius 1 is 1.40 bits per heavy atom. The molecule has 16 valence electrons. The van der Waals surface area contributed by atoms with Gasteiger partial charge in [-0.1, -0.05) is 0 Å². The molecule has 0 saturated carbocycles. The van der Waals surface area contributed by atoms with Crippen molar-refractivity contribution in [2.24, 2.45) is 0 Å². The van der Waals surface area contributed by atoms with Gasteiger partial charge in [0.05, 0.1) is 0 Å². The molecule has 0 rings (SSSR count). The summed E-state index contributed by atoms with van der Waals surface area (Å²) in [5.74, 6) is 0. The Bertz CT molecular complexity index is 81.1. The van der Waals surface area contributed by atoms with E-state index in [9.17, 15) is 0 Å². The molecule has 0 fully saturated rings. The molecule has 0 atom stereocenters. The van der Waals surface area contributed by atoms with Crippen LogP contribution in [0.3, 0.4) is 0 Å². The predicted octanol–water partition coefficient (Wildman–Crippen LogP) is -0.769. The Morgan fingerprint density at radius 2 is 1.60 bits per heavy atom. The molecule has 0 saturated heterocycles. The van der Waals surface area contributed by atoms with Crippen molar-refractivity contribution in [1.29, 1.82) is 0 Å². The van der Waals surface area contributed by atoms with E-state index in [0.717, 1.165) is 10.7 Å². The number of hydrogen-bond donors (Lipinski definition) is 0.